The first kappa shape index (κ1) is 10.1. The van der Waals surface area contributed by atoms with Crippen LogP contribution >= 0.6 is 11.6 Å². The van der Waals surface area contributed by atoms with E-state index in [1.165, 1.54) is 13.2 Å². The summed E-state index contributed by atoms with van der Waals surface area (Å²) in [6, 6.07) is 4.78. The van der Waals surface area contributed by atoms with Gasteiger partial charge < -0.3 is 9.15 Å². The van der Waals surface area contributed by atoms with Gasteiger partial charge in [-0.05, 0) is 18.6 Å². The molecule has 0 bridgehead atoms. The molecule has 2 aromatic rings. The zero-order chi connectivity index (χ0) is 11.0. The highest BCUT2D eigenvalue weighted by molar-refractivity contribution is 6.32. The minimum Gasteiger partial charge on any atom is -0.495 e. The summed E-state index contributed by atoms with van der Waals surface area (Å²) in [6.07, 6.45) is 0. The SMILES string of the molecule is COc1cc2oc(=O)cc(C)c2cc1Cl. The molecule has 3 nitrogen and oxygen atoms in total. The van der Waals surface area contributed by atoms with E-state index in [0.717, 1.165) is 10.9 Å². The minimum absolute atomic E-state index is 0.371. The van der Waals surface area contributed by atoms with Gasteiger partial charge in [0.05, 0.1) is 12.1 Å². The van der Waals surface area contributed by atoms with Gasteiger partial charge >= 0.3 is 5.63 Å². The van der Waals surface area contributed by atoms with Gasteiger partial charge in [0.2, 0.25) is 0 Å². The van der Waals surface area contributed by atoms with Crippen LogP contribution in [0.5, 0.6) is 5.75 Å². The number of halogens is 1. The molecule has 0 aliphatic heterocycles. The van der Waals surface area contributed by atoms with Crippen molar-refractivity contribution in [2.24, 2.45) is 0 Å². The summed E-state index contributed by atoms with van der Waals surface area (Å²) >= 11 is 5.97. The van der Waals surface area contributed by atoms with E-state index in [1.807, 2.05) is 6.92 Å². The fourth-order valence-corrected chi connectivity index (χ4v) is 1.72. The molecule has 78 valence electrons. The second-order valence-electron chi connectivity index (χ2n) is 3.23. The smallest absolute Gasteiger partial charge is 0.336 e. The third-order valence-electron chi connectivity index (χ3n) is 2.22. The lowest BCUT2D eigenvalue weighted by molar-refractivity contribution is 0.414. The summed E-state index contributed by atoms with van der Waals surface area (Å²) < 4.78 is 10.1. The van der Waals surface area contributed by atoms with Crippen LogP contribution in [0, 0.1) is 6.92 Å². The van der Waals surface area contributed by atoms with Crippen LogP contribution in [0.4, 0.5) is 0 Å². The molecule has 1 aromatic heterocycles. The van der Waals surface area contributed by atoms with Gasteiger partial charge in [-0.15, -0.1) is 0 Å². The molecule has 0 spiro atoms. The number of hydrogen-bond donors (Lipinski definition) is 0. The summed E-state index contributed by atoms with van der Waals surface area (Å²) in [5.74, 6) is 0.498. The van der Waals surface area contributed by atoms with E-state index in [9.17, 15) is 4.79 Å². The van der Waals surface area contributed by atoms with Gasteiger partial charge in [0.1, 0.15) is 11.3 Å². The van der Waals surface area contributed by atoms with Gasteiger partial charge in [0.25, 0.3) is 0 Å². The van der Waals surface area contributed by atoms with Gasteiger partial charge in [-0.3, -0.25) is 0 Å². The first-order valence-corrected chi connectivity index (χ1v) is 4.77. The highest BCUT2D eigenvalue weighted by Gasteiger charge is 2.07. The number of fused-ring (bicyclic) bond motifs is 1. The van der Waals surface area contributed by atoms with Crippen LogP contribution < -0.4 is 10.4 Å². The van der Waals surface area contributed by atoms with Gasteiger partial charge in [0, 0.05) is 17.5 Å². The molecule has 0 saturated carbocycles. The Kier molecular flexibility index (Phi) is 2.40. The summed E-state index contributed by atoms with van der Waals surface area (Å²) in [5.41, 5.74) is 0.955. The second-order valence-corrected chi connectivity index (χ2v) is 3.64. The van der Waals surface area contributed by atoms with Crippen LogP contribution in [0.1, 0.15) is 5.56 Å². The van der Waals surface area contributed by atoms with Crippen molar-refractivity contribution in [3.63, 3.8) is 0 Å². The summed E-state index contributed by atoms with van der Waals surface area (Å²) in [4.78, 5) is 11.1. The number of ether oxygens (including phenoxy) is 1. The van der Waals surface area contributed by atoms with E-state index in [-0.39, 0.29) is 5.63 Å². The number of methoxy groups -OCH3 is 1. The van der Waals surface area contributed by atoms with Crippen LogP contribution in [-0.4, -0.2) is 7.11 Å². The van der Waals surface area contributed by atoms with Gasteiger partial charge in [0.15, 0.2) is 0 Å². The molecule has 0 N–H and O–H groups in total. The molecule has 1 heterocycles. The Labute approximate surface area is 91.2 Å². The summed E-state index contributed by atoms with van der Waals surface area (Å²) in [6.45, 7) is 1.84. The van der Waals surface area contributed by atoms with Crippen LogP contribution in [0.15, 0.2) is 27.4 Å². The van der Waals surface area contributed by atoms with Crippen molar-refractivity contribution < 1.29 is 9.15 Å². The van der Waals surface area contributed by atoms with Crippen molar-refractivity contribution in [2.45, 2.75) is 6.92 Å². The molecule has 0 saturated heterocycles. The first-order chi connectivity index (χ1) is 7.11. The predicted octanol–water partition coefficient (Wildman–Crippen LogP) is 2.76. The van der Waals surface area contributed by atoms with Crippen molar-refractivity contribution >= 4 is 22.6 Å². The average Bonchev–Trinajstić information content (AvgIpc) is 2.18. The monoisotopic (exact) mass is 224 g/mol. The predicted molar refractivity (Wildman–Crippen MR) is 58.8 cm³/mol. The Morgan fingerprint density at radius 1 is 1.33 bits per heavy atom. The quantitative estimate of drug-likeness (QED) is 0.700. The zero-order valence-corrected chi connectivity index (χ0v) is 9.09. The number of hydrogen-bond acceptors (Lipinski definition) is 3. The van der Waals surface area contributed by atoms with Crippen molar-refractivity contribution in [3.8, 4) is 5.75 Å². The van der Waals surface area contributed by atoms with Gasteiger partial charge in [-0.2, -0.15) is 0 Å². The fraction of sp³-hybridized carbons (Fsp3) is 0.182. The fourth-order valence-electron chi connectivity index (χ4n) is 1.48. The maximum atomic E-state index is 11.1. The maximum Gasteiger partial charge on any atom is 0.336 e. The molecular formula is C11H9ClO3. The van der Waals surface area contributed by atoms with Crippen molar-refractivity contribution in [2.75, 3.05) is 7.11 Å². The van der Waals surface area contributed by atoms with E-state index in [0.29, 0.717) is 16.4 Å². The van der Waals surface area contributed by atoms with E-state index in [2.05, 4.69) is 0 Å². The molecule has 0 aliphatic rings. The lowest BCUT2D eigenvalue weighted by Gasteiger charge is -2.05. The molecule has 4 heteroatoms. The van der Waals surface area contributed by atoms with Crippen LogP contribution in [0.25, 0.3) is 11.0 Å². The second kappa shape index (κ2) is 3.59. The number of aryl methyl sites for hydroxylation is 1. The van der Waals surface area contributed by atoms with Gasteiger partial charge in [-0.1, -0.05) is 11.6 Å². The summed E-state index contributed by atoms with van der Waals surface area (Å²) in [7, 11) is 1.51. The molecular weight excluding hydrogens is 216 g/mol. The van der Waals surface area contributed by atoms with E-state index in [1.54, 1.807) is 12.1 Å². The topological polar surface area (TPSA) is 39.4 Å². The Morgan fingerprint density at radius 2 is 2.07 bits per heavy atom. The minimum atomic E-state index is -0.371. The Hall–Kier alpha value is -1.48. The number of benzene rings is 1. The number of rotatable bonds is 1. The largest absolute Gasteiger partial charge is 0.495 e. The van der Waals surface area contributed by atoms with E-state index >= 15 is 0 Å². The highest BCUT2D eigenvalue weighted by Crippen LogP contribution is 2.30. The molecule has 0 amide bonds. The van der Waals surface area contributed by atoms with Crippen LogP contribution in [0.3, 0.4) is 0 Å². The van der Waals surface area contributed by atoms with Crippen molar-refractivity contribution in [1.82, 2.24) is 0 Å². The summed E-state index contributed by atoms with van der Waals surface area (Å²) in [5, 5.41) is 1.32. The molecule has 0 unspecified atom stereocenters. The van der Waals surface area contributed by atoms with Crippen LogP contribution in [0.2, 0.25) is 5.02 Å². The van der Waals surface area contributed by atoms with Crippen molar-refractivity contribution in [3.05, 3.63) is 39.2 Å². The van der Waals surface area contributed by atoms with Crippen LogP contribution in [-0.2, 0) is 0 Å². The normalized spacial score (nSPS) is 10.6. The maximum absolute atomic E-state index is 11.1. The average molecular weight is 225 g/mol. The molecule has 2 rings (SSSR count). The Balaban J connectivity index is 2.87. The molecule has 0 aliphatic carbocycles. The van der Waals surface area contributed by atoms with Crippen molar-refractivity contribution in [1.29, 1.82) is 0 Å². The molecule has 1 aromatic carbocycles. The first-order valence-electron chi connectivity index (χ1n) is 4.40. The van der Waals surface area contributed by atoms with Gasteiger partial charge in [-0.25, -0.2) is 4.79 Å². The highest BCUT2D eigenvalue weighted by atomic mass is 35.5. The third kappa shape index (κ3) is 1.70. The third-order valence-corrected chi connectivity index (χ3v) is 2.52. The zero-order valence-electron chi connectivity index (χ0n) is 8.33. The Morgan fingerprint density at radius 3 is 2.73 bits per heavy atom. The lowest BCUT2D eigenvalue weighted by Crippen LogP contribution is -1.98. The Bertz CT molecular complexity index is 572. The molecule has 0 fully saturated rings. The molecule has 15 heavy (non-hydrogen) atoms. The van der Waals surface area contributed by atoms with E-state index in [4.69, 9.17) is 20.8 Å². The molecule has 0 radical (unpaired) electrons. The lowest BCUT2D eigenvalue weighted by atomic mass is 10.1. The molecule has 0 atom stereocenters. The standard InChI is InChI=1S/C11H9ClO3/c1-6-3-11(13)15-9-5-10(14-2)8(12)4-7(6)9/h3-5H,1-2H3. The van der Waals surface area contributed by atoms with E-state index < -0.39 is 0 Å².